The number of thioether (sulfide) groups is 1. The van der Waals surface area contributed by atoms with E-state index in [1.54, 1.807) is 0 Å². The summed E-state index contributed by atoms with van der Waals surface area (Å²) in [6.07, 6.45) is 11.5. The molecule has 0 aromatic heterocycles. The van der Waals surface area contributed by atoms with Crippen LogP contribution in [0.3, 0.4) is 0 Å². The third-order valence-electron chi connectivity index (χ3n) is 3.19. The van der Waals surface area contributed by atoms with E-state index in [2.05, 4.69) is 11.9 Å². The molecule has 122 valence electrons. The van der Waals surface area contributed by atoms with Gasteiger partial charge in [-0.25, -0.2) is 0 Å². The first-order valence-electron chi connectivity index (χ1n) is 7.93. The maximum absolute atomic E-state index is 10.9. The number of amides is 2. The zero-order chi connectivity index (χ0) is 15.8. The van der Waals surface area contributed by atoms with Gasteiger partial charge >= 0.3 is 0 Å². The first-order valence-corrected chi connectivity index (χ1v) is 9.08. The average molecular weight is 314 g/mol. The molecule has 0 aliphatic rings. The van der Waals surface area contributed by atoms with Crippen molar-refractivity contribution in [1.29, 1.82) is 0 Å². The molecule has 0 aromatic rings. The van der Waals surface area contributed by atoms with Crippen molar-refractivity contribution in [2.75, 3.05) is 18.1 Å². The SMILES string of the molecule is C=CC(=O)NCCSCCCCCCCCCCC(N)=O. The van der Waals surface area contributed by atoms with E-state index in [0.29, 0.717) is 6.42 Å². The van der Waals surface area contributed by atoms with Gasteiger partial charge < -0.3 is 11.1 Å². The number of primary amides is 1. The predicted octanol–water partition coefficient (Wildman–Crippen LogP) is 3.02. The Morgan fingerprint density at radius 2 is 1.52 bits per heavy atom. The summed E-state index contributed by atoms with van der Waals surface area (Å²) >= 11 is 1.89. The van der Waals surface area contributed by atoms with Crippen molar-refractivity contribution in [1.82, 2.24) is 5.32 Å². The molecule has 0 aliphatic heterocycles. The second-order valence-corrected chi connectivity index (χ2v) is 6.38. The minimum absolute atomic E-state index is 0.0913. The van der Waals surface area contributed by atoms with Crippen LogP contribution >= 0.6 is 11.8 Å². The second kappa shape index (κ2) is 15.4. The first-order chi connectivity index (χ1) is 10.2. The fourth-order valence-corrected chi connectivity index (χ4v) is 2.84. The third-order valence-corrected chi connectivity index (χ3v) is 4.26. The quantitative estimate of drug-likeness (QED) is 0.360. The molecule has 0 aliphatic carbocycles. The Labute approximate surface area is 133 Å². The summed E-state index contributed by atoms with van der Waals surface area (Å²) in [6.45, 7) is 4.13. The molecule has 3 N–H and O–H groups in total. The minimum Gasteiger partial charge on any atom is -0.370 e. The second-order valence-electron chi connectivity index (χ2n) is 5.15. The number of nitrogens with two attached hydrogens (primary N) is 1. The molecule has 0 unspecified atom stereocenters. The van der Waals surface area contributed by atoms with Gasteiger partial charge in [0.05, 0.1) is 0 Å². The number of nitrogens with one attached hydrogen (secondary N) is 1. The molecule has 4 nitrogen and oxygen atoms in total. The summed E-state index contributed by atoms with van der Waals surface area (Å²) in [5, 5.41) is 2.77. The Balaban J connectivity index is 3.04. The van der Waals surface area contributed by atoms with Crippen LogP contribution < -0.4 is 11.1 Å². The van der Waals surface area contributed by atoms with Crippen molar-refractivity contribution >= 4 is 23.6 Å². The zero-order valence-electron chi connectivity index (χ0n) is 13.1. The Hall–Kier alpha value is -0.970. The van der Waals surface area contributed by atoms with Gasteiger partial charge in [-0.3, -0.25) is 9.59 Å². The van der Waals surface area contributed by atoms with Crippen LogP contribution in [0.25, 0.3) is 0 Å². The van der Waals surface area contributed by atoms with Crippen LogP contribution in [-0.4, -0.2) is 29.9 Å². The maximum atomic E-state index is 10.9. The van der Waals surface area contributed by atoms with Gasteiger partial charge in [0.2, 0.25) is 11.8 Å². The lowest BCUT2D eigenvalue weighted by Gasteiger charge is -2.03. The highest BCUT2D eigenvalue weighted by atomic mass is 32.2. The lowest BCUT2D eigenvalue weighted by atomic mass is 10.1. The lowest BCUT2D eigenvalue weighted by molar-refractivity contribution is -0.118. The Morgan fingerprint density at radius 1 is 0.952 bits per heavy atom. The standard InChI is InChI=1S/C16H30N2O2S/c1-2-16(20)18-12-14-21-13-10-8-6-4-3-5-7-9-11-15(17)19/h2H,1,3-14H2,(H2,17,19)(H,18,20). The van der Waals surface area contributed by atoms with Gasteiger partial charge in [0.25, 0.3) is 0 Å². The van der Waals surface area contributed by atoms with Crippen LogP contribution in [0.15, 0.2) is 12.7 Å². The van der Waals surface area contributed by atoms with Crippen molar-refractivity contribution in [3.8, 4) is 0 Å². The van der Waals surface area contributed by atoms with E-state index in [1.165, 1.54) is 50.4 Å². The van der Waals surface area contributed by atoms with Crippen molar-refractivity contribution in [3.63, 3.8) is 0 Å². The van der Waals surface area contributed by atoms with Gasteiger partial charge in [-0.15, -0.1) is 0 Å². The van der Waals surface area contributed by atoms with Gasteiger partial charge in [0.1, 0.15) is 0 Å². The Bertz CT molecular complexity index is 296. The molecule has 0 heterocycles. The molecule has 0 spiro atoms. The third kappa shape index (κ3) is 17.0. The van der Waals surface area contributed by atoms with Crippen LogP contribution in [0.5, 0.6) is 0 Å². The molecular weight excluding hydrogens is 284 g/mol. The number of hydrogen-bond donors (Lipinski definition) is 2. The summed E-state index contributed by atoms with van der Waals surface area (Å²) in [4.78, 5) is 21.4. The summed E-state index contributed by atoms with van der Waals surface area (Å²) in [5.41, 5.74) is 5.09. The first kappa shape index (κ1) is 20.0. The smallest absolute Gasteiger partial charge is 0.243 e. The molecule has 0 radical (unpaired) electrons. The van der Waals surface area contributed by atoms with Crippen LogP contribution in [0.4, 0.5) is 0 Å². The van der Waals surface area contributed by atoms with Crippen molar-refractivity contribution in [2.45, 2.75) is 57.8 Å². The normalized spacial score (nSPS) is 10.3. The molecule has 0 atom stereocenters. The van der Waals surface area contributed by atoms with Crippen LogP contribution in [-0.2, 0) is 9.59 Å². The van der Waals surface area contributed by atoms with Gasteiger partial charge in [-0.2, -0.15) is 11.8 Å². The molecule has 0 aromatic carbocycles. The molecule has 0 saturated heterocycles. The fraction of sp³-hybridized carbons (Fsp3) is 0.750. The molecule has 0 bridgehead atoms. The van der Waals surface area contributed by atoms with Crippen molar-refractivity contribution in [3.05, 3.63) is 12.7 Å². The van der Waals surface area contributed by atoms with Gasteiger partial charge in [0, 0.05) is 18.7 Å². The molecule has 21 heavy (non-hydrogen) atoms. The van der Waals surface area contributed by atoms with E-state index < -0.39 is 0 Å². The topological polar surface area (TPSA) is 72.2 Å². The van der Waals surface area contributed by atoms with Gasteiger partial charge in [-0.1, -0.05) is 45.1 Å². The highest BCUT2D eigenvalue weighted by Crippen LogP contribution is 2.11. The summed E-state index contributed by atoms with van der Waals surface area (Å²) in [6, 6.07) is 0. The number of unbranched alkanes of at least 4 members (excludes halogenated alkanes) is 7. The van der Waals surface area contributed by atoms with Crippen LogP contribution in [0, 0.1) is 0 Å². The molecule has 0 fully saturated rings. The number of carbonyl (C=O) groups excluding carboxylic acids is 2. The van der Waals surface area contributed by atoms with Crippen molar-refractivity contribution < 1.29 is 9.59 Å². The monoisotopic (exact) mass is 314 g/mol. The van der Waals surface area contributed by atoms with E-state index >= 15 is 0 Å². The molecule has 2 amide bonds. The highest BCUT2D eigenvalue weighted by Gasteiger charge is 1.96. The largest absolute Gasteiger partial charge is 0.370 e. The van der Waals surface area contributed by atoms with E-state index in [9.17, 15) is 9.59 Å². The zero-order valence-corrected chi connectivity index (χ0v) is 13.9. The van der Waals surface area contributed by atoms with E-state index in [-0.39, 0.29) is 11.8 Å². The number of rotatable bonds is 15. The van der Waals surface area contributed by atoms with Crippen molar-refractivity contribution in [2.24, 2.45) is 5.73 Å². The van der Waals surface area contributed by atoms with Gasteiger partial charge in [-0.05, 0) is 24.7 Å². The maximum Gasteiger partial charge on any atom is 0.243 e. The minimum atomic E-state index is -0.184. The molecule has 0 rings (SSSR count). The fourth-order valence-electron chi connectivity index (χ4n) is 1.98. The molecule has 5 heteroatoms. The van der Waals surface area contributed by atoms with Crippen LogP contribution in [0.1, 0.15) is 57.8 Å². The van der Waals surface area contributed by atoms with Crippen LogP contribution in [0.2, 0.25) is 0 Å². The molecule has 0 saturated carbocycles. The summed E-state index contributed by atoms with van der Waals surface area (Å²) in [5.74, 6) is 1.87. The average Bonchev–Trinajstić information content (AvgIpc) is 2.46. The van der Waals surface area contributed by atoms with E-state index in [1.807, 2.05) is 11.8 Å². The number of hydrogen-bond acceptors (Lipinski definition) is 3. The Morgan fingerprint density at radius 3 is 2.10 bits per heavy atom. The van der Waals surface area contributed by atoms with E-state index in [0.717, 1.165) is 25.1 Å². The van der Waals surface area contributed by atoms with E-state index in [4.69, 9.17) is 5.73 Å². The lowest BCUT2D eigenvalue weighted by Crippen LogP contribution is -2.23. The summed E-state index contributed by atoms with van der Waals surface area (Å²) in [7, 11) is 0. The highest BCUT2D eigenvalue weighted by molar-refractivity contribution is 7.99. The molecular formula is C16H30N2O2S. The number of carbonyl (C=O) groups is 2. The van der Waals surface area contributed by atoms with Gasteiger partial charge in [0.15, 0.2) is 0 Å². The Kier molecular flexibility index (Phi) is 14.7. The summed E-state index contributed by atoms with van der Waals surface area (Å²) < 4.78 is 0. The predicted molar refractivity (Wildman–Crippen MR) is 91.3 cm³/mol.